The van der Waals surface area contributed by atoms with Gasteiger partial charge in [-0.05, 0) is 102 Å². The fraction of sp³-hybridized carbons (Fsp3) is 0.768. The van der Waals surface area contributed by atoms with Gasteiger partial charge in [0.2, 0.25) is 5.91 Å². The molecule has 0 aliphatic carbocycles. The van der Waals surface area contributed by atoms with Crippen molar-refractivity contribution in [2.75, 3.05) is 40.9 Å². The predicted octanol–water partition coefficient (Wildman–Crippen LogP) is 20.6. The normalized spacial score (nSPS) is 14.2. The van der Waals surface area contributed by atoms with Crippen molar-refractivity contribution >= 4 is 19.7 Å². The third-order valence-electron chi connectivity index (χ3n) is 14.3. The average molecular weight is 1130 g/mol. The van der Waals surface area contributed by atoms with Crippen LogP contribution in [0.1, 0.15) is 290 Å². The number of carbonyl (C=O) groups is 2. The van der Waals surface area contributed by atoms with Crippen LogP contribution in [0, 0.1) is 0 Å². The number of phosphoric acid groups is 1. The first-order valence-corrected chi connectivity index (χ1v) is 34.4. The third-order valence-corrected chi connectivity index (χ3v) is 15.3. The van der Waals surface area contributed by atoms with Crippen molar-refractivity contribution in [3.63, 3.8) is 0 Å². The second kappa shape index (κ2) is 58.4. The number of esters is 1. The van der Waals surface area contributed by atoms with Crippen LogP contribution in [0.4, 0.5) is 0 Å². The first kappa shape index (κ1) is 76.2. The van der Waals surface area contributed by atoms with Gasteiger partial charge in [-0.3, -0.25) is 18.6 Å². The maximum absolute atomic E-state index is 13.6. The van der Waals surface area contributed by atoms with Gasteiger partial charge in [-0.15, -0.1) is 0 Å². The van der Waals surface area contributed by atoms with Crippen molar-refractivity contribution in [1.82, 2.24) is 5.32 Å². The van der Waals surface area contributed by atoms with Crippen molar-refractivity contribution in [2.45, 2.75) is 303 Å². The van der Waals surface area contributed by atoms with E-state index < -0.39 is 20.0 Å². The van der Waals surface area contributed by atoms with Crippen LogP contribution < -0.4 is 5.32 Å². The Kier molecular flexibility index (Phi) is 56.3. The quantitative estimate of drug-likeness (QED) is 0.0205. The van der Waals surface area contributed by atoms with Crippen LogP contribution >= 0.6 is 7.82 Å². The van der Waals surface area contributed by atoms with Crippen molar-refractivity contribution in [3.8, 4) is 0 Å². The minimum Gasteiger partial charge on any atom is -0.456 e. The number of carbonyl (C=O) groups excluding carboxylic acids is 2. The van der Waals surface area contributed by atoms with Gasteiger partial charge in [0.05, 0.1) is 33.8 Å². The van der Waals surface area contributed by atoms with Crippen LogP contribution in [0.25, 0.3) is 0 Å². The van der Waals surface area contributed by atoms with Crippen LogP contribution in [0.5, 0.6) is 0 Å². The van der Waals surface area contributed by atoms with E-state index in [1.54, 1.807) is 0 Å². The van der Waals surface area contributed by atoms with E-state index in [-0.39, 0.29) is 31.5 Å². The van der Waals surface area contributed by atoms with E-state index in [1.807, 2.05) is 33.3 Å². The van der Waals surface area contributed by atoms with Gasteiger partial charge in [-0.25, -0.2) is 4.57 Å². The van der Waals surface area contributed by atoms with Gasteiger partial charge in [-0.1, -0.05) is 260 Å². The average Bonchev–Trinajstić information content (AvgIpc) is 3.41. The van der Waals surface area contributed by atoms with Gasteiger partial charge in [0.15, 0.2) is 0 Å². The number of likely N-dealkylation sites (N-methyl/N-ethyl adjacent to an activating group) is 1. The Bertz CT molecular complexity index is 1630. The molecule has 1 amide bonds. The van der Waals surface area contributed by atoms with E-state index in [1.165, 1.54) is 141 Å². The van der Waals surface area contributed by atoms with Gasteiger partial charge in [0.1, 0.15) is 19.3 Å². The van der Waals surface area contributed by atoms with Gasteiger partial charge >= 0.3 is 13.8 Å². The SMILES string of the molecule is CC/C=C\C/C=C\C/C=C\C/C=C\C/C=C\CCCCCCCCCC(=O)OC(/C=C\CCCCCCCCCCCCC)C(COP(=O)(O)OCC[N+](C)(C)C)NC(=O)CCCCCCCCC/C=C/CCCCCCCC. The first-order valence-electron chi connectivity index (χ1n) is 32.9. The van der Waals surface area contributed by atoms with Crippen molar-refractivity contribution < 1.29 is 37.3 Å². The molecule has 0 rings (SSSR count). The summed E-state index contributed by atoms with van der Waals surface area (Å²) in [5, 5.41) is 3.06. The lowest BCUT2D eigenvalue weighted by Crippen LogP contribution is -2.47. The Balaban J connectivity index is 5.24. The lowest BCUT2D eigenvalue weighted by Gasteiger charge is -2.27. The highest BCUT2D eigenvalue weighted by Crippen LogP contribution is 2.43. The number of quaternary nitrogens is 1. The van der Waals surface area contributed by atoms with Gasteiger partial charge < -0.3 is 19.4 Å². The molecule has 10 heteroatoms. The lowest BCUT2D eigenvalue weighted by molar-refractivity contribution is -0.870. The Labute approximate surface area is 488 Å². The smallest absolute Gasteiger partial charge is 0.456 e. The number of nitrogens with one attached hydrogen (secondary N) is 1. The zero-order valence-electron chi connectivity index (χ0n) is 52.3. The highest BCUT2D eigenvalue weighted by Gasteiger charge is 2.30. The van der Waals surface area contributed by atoms with Crippen LogP contribution in [-0.4, -0.2) is 74.3 Å². The minimum absolute atomic E-state index is 0.0348. The van der Waals surface area contributed by atoms with Crippen molar-refractivity contribution in [2.24, 2.45) is 0 Å². The third kappa shape index (κ3) is 59.6. The Morgan fingerprint density at radius 2 is 0.810 bits per heavy atom. The number of phosphoric ester groups is 1. The molecule has 0 spiro atoms. The number of hydrogen-bond acceptors (Lipinski definition) is 6. The molecule has 0 fully saturated rings. The zero-order valence-corrected chi connectivity index (χ0v) is 53.2. The number of rotatable bonds is 59. The molecule has 0 radical (unpaired) electrons. The van der Waals surface area contributed by atoms with Gasteiger partial charge in [0.25, 0.3) is 0 Å². The molecule has 0 aliphatic heterocycles. The molecule has 0 saturated carbocycles. The van der Waals surface area contributed by atoms with Gasteiger partial charge in [-0.2, -0.15) is 0 Å². The molecule has 2 N–H and O–H groups in total. The summed E-state index contributed by atoms with van der Waals surface area (Å²) < 4.78 is 30.8. The van der Waals surface area contributed by atoms with Gasteiger partial charge in [0, 0.05) is 12.8 Å². The lowest BCUT2D eigenvalue weighted by atomic mass is 10.0. The van der Waals surface area contributed by atoms with E-state index in [9.17, 15) is 19.0 Å². The zero-order chi connectivity index (χ0) is 57.9. The summed E-state index contributed by atoms with van der Waals surface area (Å²) in [5.41, 5.74) is 0. The van der Waals surface area contributed by atoms with E-state index >= 15 is 0 Å². The fourth-order valence-corrected chi connectivity index (χ4v) is 9.99. The molecule has 0 heterocycles. The van der Waals surface area contributed by atoms with Crippen molar-refractivity contribution in [3.05, 3.63) is 85.1 Å². The van der Waals surface area contributed by atoms with Crippen LogP contribution in [0.2, 0.25) is 0 Å². The molecule has 0 aromatic rings. The van der Waals surface area contributed by atoms with E-state index in [2.05, 4.69) is 99.0 Å². The molecular formula is C69H126N2O7P+. The summed E-state index contributed by atoms with van der Waals surface area (Å²) in [6.45, 7) is 6.90. The highest BCUT2D eigenvalue weighted by atomic mass is 31.2. The number of amides is 1. The molecule has 0 aliphatic rings. The maximum Gasteiger partial charge on any atom is 0.472 e. The van der Waals surface area contributed by atoms with Crippen LogP contribution in [0.15, 0.2) is 85.1 Å². The Morgan fingerprint density at radius 1 is 0.456 bits per heavy atom. The number of hydrogen-bond donors (Lipinski definition) is 2. The van der Waals surface area contributed by atoms with Crippen molar-refractivity contribution in [1.29, 1.82) is 0 Å². The summed E-state index contributed by atoms with van der Waals surface area (Å²) in [5.74, 6) is -0.519. The second-order valence-corrected chi connectivity index (χ2v) is 24.7. The second-order valence-electron chi connectivity index (χ2n) is 23.3. The minimum atomic E-state index is -4.46. The summed E-state index contributed by atoms with van der Waals surface area (Å²) in [6, 6.07) is -0.859. The van der Waals surface area contributed by atoms with E-state index in [0.717, 1.165) is 116 Å². The topological polar surface area (TPSA) is 111 Å². The molecular weight excluding hydrogens is 1000 g/mol. The number of unbranched alkanes of at least 4 members (excludes halogenated alkanes) is 31. The molecule has 3 unspecified atom stereocenters. The monoisotopic (exact) mass is 1130 g/mol. The largest absolute Gasteiger partial charge is 0.472 e. The Morgan fingerprint density at radius 3 is 1.23 bits per heavy atom. The van der Waals surface area contributed by atoms with E-state index in [0.29, 0.717) is 17.4 Å². The van der Waals surface area contributed by atoms with E-state index in [4.69, 9.17) is 13.8 Å². The fourth-order valence-electron chi connectivity index (χ4n) is 9.26. The Hall–Kier alpha value is -2.81. The summed E-state index contributed by atoms with van der Waals surface area (Å²) in [7, 11) is 1.48. The summed E-state index contributed by atoms with van der Waals surface area (Å²) in [4.78, 5) is 37.8. The summed E-state index contributed by atoms with van der Waals surface area (Å²) >= 11 is 0. The molecule has 0 saturated heterocycles. The molecule has 0 aromatic carbocycles. The number of ether oxygens (including phenoxy) is 1. The number of nitrogens with zero attached hydrogens (tertiary/aromatic N) is 1. The first-order chi connectivity index (χ1) is 38.4. The van der Waals surface area contributed by atoms with Crippen LogP contribution in [-0.2, 0) is 27.9 Å². The standard InChI is InChI=1S/C69H125N2O7P/c1-7-10-13-16-19-22-25-28-30-32-33-34-35-36-37-39-41-44-47-50-53-56-59-62-69(73)78-67(60-57-54-51-48-45-42-27-24-21-18-15-12-9-3)66(65-77-79(74,75)76-64-63-71(4,5)6)70-68(72)61-58-55-52-49-46-43-40-38-31-29-26-23-20-17-14-11-8-2/h10,13,19,22,28-31,33-34,36-37,57,60,66-67H,7-9,11-12,14-18,20-21,23-27,32,35,38-56,58-59,61-65H2,1-6H3,(H-,70,72,74,75)/p+1/b13-10-,22-19-,30-28-,31-29+,34-33-,37-36-,60-57-. The summed E-state index contributed by atoms with van der Waals surface area (Å²) in [6.07, 6.45) is 77.2. The van der Waals surface area contributed by atoms with Crippen LogP contribution in [0.3, 0.4) is 0 Å². The predicted molar refractivity (Wildman–Crippen MR) is 341 cm³/mol. The molecule has 9 nitrogen and oxygen atoms in total. The maximum atomic E-state index is 13.6. The molecule has 0 aromatic heterocycles. The molecule has 458 valence electrons. The molecule has 79 heavy (non-hydrogen) atoms. The molecule has 0 bridgehead atoms. The molecule has 3 atom stereocenters. The number of allylic oxidation sites excluding steroid dienone is 13. The highest BCUT2D eigenvalue weighted by molar-refractivity contribution is 7.47.